The molecule has 0 amide bonds. The van der Waals surface area contributed by atoms with Gasteiger partial charge < -0.3 is 9.80 Å². The minimum absolute atomic E-state index is 0.438. The molecule has 0 spiro atoms. The molecule has 1 atom stereocenters. The van der Waals surface area contributed by atoms with E-state index in [1.54, 1.807) is 0 Å². The average Bonchev–Trinajstić information content (AvgIpc) is 3.45. The van der Waals surface area contributed by atoms with E-state index in [1.165, 1.54) is 98.0 Å². The van der Waals surface area contributed by atoms with E-state index in [2.05, 4.69) is 299 Å². The number of benzene rings is 13. The largest absolute Gasteiger partial charge is 0.310 e. The lowest BCUT2D eigenvalue weighted by molar-refractivity contribution is 1.03. The van der Waals surface area contributed by atoms with Gasteiger partial charge >= 0.3 is 0 Å². The van der Waals surface area contributed by atoms with Crippen molar-refractivity contribution in [3.8, 4) is 22.3 Å². The fourth-order valence-corrected chi connectivity index (χ4v) is 12.4. The molecule has 2 nitrogen and oxygen atoms in total. The van der Waals surface area contributed by atoms with Gasteiger partial charge in [0.2, 0.25) is 0 Å². The van der Waals surface area contributed by atoms with Crippen LogP contribution in [0.1, 0.15) is 11.1 Å². The van der Waals surface area contributed by atoms with Crippen LogP contribution in [0.2, 0.25) is 0 Å². The molecule has 14 rings (SSSR count). The predicted molar refractivity (Wildman–Crippen MR) is 322 cm³/mol. The van der Waals surface area contributed by atoms with Gasteiger partial charge in [-0.3, -0.25) is 0 Å². The quantitative estimate of drug-likeness (QED) is 0.0648. The van der Waals surface area contributed by atoms with Crippen molar-refractivity contribution in [3.63, 3.8) is 0 Å². The Bertz CT molecular complexity index is 4320. The lowest BCUT2D eigenvalue weighted by Crippen LogP contribution is -2.11. The van der Waals surface area contributed by atoms with Crippen molar-refractivity contribution in [1.29, 1.82) is 0 Å². The first-order chi connectivity index (χ1) is 36.1. The highest BCUT2D eigenvalue weighted by Crippen LogP contribution is 2.50. The Morgan fingerprint density at radius 1 is 0.315 bits per heavy atom. The molecule has 0 saturated carbocycles. The van der Waals surface area contributed by atoms with Crippen LogP contribution in [0.3, 0.4) is 0 Å². The Morgan fingerprint density at radius 3 is 1.36 bits per heavy atom. The van der Waals surface area contributed by atoms with E-state index in [4.69, 9.17) is 0 Å². The van der Waals surface area contributed by atoms with E-state index >= 15 is 0 Å². The maximum atomic E-state index is 2.58. The molecular weight excluding hydrogens is 996 g/mol. The predicted octanol–water partition coefficient (Wildman–Crippen LogP) is 20.3. The topological polar surface area (TPSA) is 6.48 Å². The third-order valence-electron chi connectivity index (χ3n) is 15.0. The number of alkyl halides is 1. The lowest BCUT2D eigenvalue weighted by atomic mass is 9.83. The van der Waals surface area contributed by atoms with Crippen LogP contribution in [0, 0.1) is 0 Å². The normalized spacial score (nSPS) is 13.3. The number of hydrogen-bond donors (Lipinski definition) is 0. The van der Waals surface area contributed by atoms with Gasteiger partial charge in [-0.15, -0.1) is 0 Å². The molecule has 0 radical (unpaired) electrons. The van der Waals surface area contributed by atoms with Gasteiger partial charge in [0.1, 0.15) is 0 Å². The molecule has 0 N–H and O–H groups in total. The van der Waals surface area contributed by atoms with Gasteiger partial charge in [-0.05, 0) is 160 Å². The number of para-hydroxylation sites is 2. The van der Waals surface area contributed by atoms with Crippen LogP contribution in [0.25, 0.3) is 93.0 Å². The van der Waals surface area contributed by atoms with Crippen LogP contribution in [0.5, 0.6) is 0 Å². The van der Waals surface area contributed by atoms with Crippen LogP contribution in [0.15, 0.2) is 261 Å². The molecule has 73 heavy (non-hydrogen) atoms. The zero-order valence-corrected chi connectivity index (χ0v) is 42.1. The maximum Gasteiger partial charge on any atom is 0.0540 e. The Hall–Kier alpha value is -8.51. The fraction of sp³-hybridized carbons (Fsp3) is 0.0286. The maximum absolute atomic E-state index is 2.58. The number of halogens is 1. The van der Waals surface area contributed by atoms with Crippen molar-refractivity contribution in [2.24, 2.45) is 0 Å². The second kappa shape index (κ2) is 18.0. The van der Waals surface area contributed by atoms with Gasteiger partial charge in [0, 0.05) is 37.4 Å². The third-order valence-corrected chi connectivity index (χ3v) is 15.9. The molecule has 1 aliphatic carbocycles. The highest BCUT2D eigenvalue weighted by molar-refractivity contribution is 14.1. The monoisotopic (exact) mass is 1040 g/mol. The molecule has 344 valence electrons. The molecule has 3 heteroatoms. The summed E-state index contributed by atoms with van der Waals surface area (Å²) in [5, 5.41) is 14.6. The van der Waals surface area contributed by atoms with Gasteiger partial charge in [-0.25, -0.2) is 0 Å². The highest BCUT2D eigenvalue weighted by Gasteiger charge is 2.24. The first-order valence-corrected chi connectivity index (χ1v) is 26.4. The van der Waals surface area contributed by atoms with Gasteiger partial charge in [0.15, 0.2) is 0 Å². The Balaban J connectivity index is 1.11. The number of rotatable bonds is 8. The van der Waals surface area contributed by atoms with E-state index in [-0.39, 0.29) is 0 Å². The molecule has 0 fully saturated rings. The molecule has 0 saturated heterocycles. The highest BCUT2D eigenvalue weighted by atomic mass is 127. The minimum atomic E-state index is 0.438. The van der Waals surface area contributed by atoms with E-state index < -0.39 is 0 Å². The molecule has 13 aromatic carbocycles. The average molecular weight is 1040 g/mol. The summed E-state index contributed by atoms with van der Waals surface area (Å²) >= 11 is 2.58. The van der Waals surface area contributed by atoms with E-state index in [9.17, 15) is 0 Å². The Morgan fingerprint density at radius 2 is 0.767 bits per heavy atom. The van der Waals surface area contributed by atoms with Crippen molar-refractivity contribution in [1.82, 2.24) is 0 Å². The number of hydrogen-bond acceptors (Lipinski definition) is 2. The van der Waals surface area contributed by atoms with Gasteiger partial charge in [0.05, 0.1) is 11.4 Å². The standard InChI is InChI=1S/C70H47IN2/c71-54-35-33-46-29-32-51(42-53(46)43-54)69-63-39-36-58(73(56-22-5-2-6-23-56)68-28-14-19-48-16-9-12-26-62(48)68)45-66(63)70(52-34-38-60-50(41-52)31-30-49-17-7-10-24-59(49)60)64-40-37-57(44-65(64)69)72(55-20-3-1-4-21-55)67-27-13-18-47-15-8-11-25-61(47)67/h1-42,44-45,54H,43H2. The molecule has 1 aliphatic rings. The van der Waals surface area contributed by atoms with Crippen LogP contribution in [-0.4, -0.2) is 3.92 Å². The second-order valence-electron chi connectivity index (χ2n) is 19.3. The van der Waals surface area contributed by atoms with Crippen molar-refractivity contribution in [2.45, 2.75) is 10.3 Å². The fourth-order valence-electron chi connectivity index (χ4n) is 11.7. The number of nitrogens with zero attached hydrogens (tertiary/aromatic N) is 2. The summed E-state index contributed by atoms with van der Waals surface area (Å²) in [6.45, 7) is 0. The number of fused-ring (bicyclic) bond motifs is 8. The summed E-state index contributed by atoms with van der Waals surface area (Å²) in [4.78, 5) is 4.89. The first-order valence-electron chi connectivity index (χ1n) is 25.2. The lowest BCUT2D eigenvalue weighted by Gasteiger charge is -2.29. The first kappa shape index (κ1) is 43.3. The van der Waals surface area contributed by atoms with Crippen molar-refractivity contribution < 1.29 is 0 Å². The third kappa shape index (κ3) is 7.54. The summed E-state index contributed by atoms with van der Waals surface area (Å²) in [5.41, 5.74) is 14.2. The van der Waals surface area contributed by atoms with Crippen LogP contribution in [-0.2, 0) is 6.42 Å². The van der Waals surface area contributed by atoms with Crippen LogP contribution in [0.4, 0.5) is 34.1 Å². The molecule has 0 aliphatic heterocycles. The second-order valence-corrected chi connectivity index (χ2v) is 20.9. The Kier molecular flexibility index (Phi) is 10.7. The zero-order chi connectivity index (χ0) is 48.4. The SMILES string of the molecule is IC1C=Cc2ccc(-c3c4ccc(N(c5ccccc5)c5cccc6ccccc56)cc4c(-c4ccc5c(ccc6ccccc65)c4)c4ccc(N(c5ccccc5)c5cccc6ccccc56)cc34)cc2C1. The molecular formula is C70H47IN2. The Labute approximate surface area is 438 Å². The van der Waals surface area contributed by atoms with Crippen LogP contribution >= 0.6 is 22.6 Å². The summed E-state index contributed by atoms with van der Waals surface area (Å²) in [7, 11) is 0. The van der Waals surface area contributed by atoms with Crippen LogP contribution < -0.4 is 9.80 Å². The summed E-state index contributed by atoms with van der Waals surface area (Å²) < 4.78 is 0.438. The zero-order valence-electron chi connectivity index (χ0n) is 40.0. The molecule has 0 heterocycles. The molecule has 1 unspecified atom stereocenters. The number of allylic oxidation sites excluding steroid dienone is 1. The van der Waals surface area contributed by atoms with Crippen molar-refractivity contribution in [3.05, 3.63) is 272 Å². The summed E-state index contributed by atoms with van der Waals surface area (Å²) in [6, 6.07) is 94.5. The smallest absolute Gasteiger partial charge is 0.0540 e. The number of anilines is 6. The van der Waals surface area contributed by atoms with Gasteiger partial charge in [-0.2, -0.15) is 0 Å². The van der Waals surface area contributed by atoms with E-state index in [0.29, 0.717) is 3.92 Å². The van der Waals surface area contributed by atoms with Gasteiger partial charge in [0.25, 0.3) is 0 Å². The van der Waals surface area contributed by atoms with Crippen molar-refractivity contribution in [2.75, 3.05) is 9.80 Å². The van der Waals surface area contributed by atoms with E-state index in [1.807, 2.05) is 0 Å². The molecule has 13 aromatic rings. The minimum Gasteiger partial charge on any atom is -0.310 e. The van der Waals surface area contributed by atoms with Crippen molar-refractivity contribution >= 4 is 127 Å². The summed E-state index contributed by atoms with van der Waals surface area (Å²) in [6.07, 6.45) is 5.64. The van der Waals surface area contributed by atoms with Gasteiger partial charge in [-0.1, -0.05) is 223 Å². The molecule has 0 bridgehead atoms. The summed E-state index contributed by atoms with van der Waals surface area (Å²) in [5.74, 6) is 0. The molecule has 0 aromatic heterocycles. The van der Waals surface area contributed by atoms with E-state index in [0.717, 1.165) is 40.5 Å².